The molecule has 3 atom stereocenters. The molecular formula is C23H27N3O2. The Morgan fingerprint density at radius 2 is 2.00 bits per heavy atom. The smallest absolute Gasteiger partial charge is 0.255 e. The van der Waals surface area contributed by atoms with Crippen LogP contribution in [0.5, 0.6) is 0 Å². The van der Waals surface area contributed by atoms with Gasteiger partial charge in [0.1, 0.15) is 0 Å². The lowest BCUT2D eigenvalue weighted by Gasteiger charge is -2.36. The highest BCUT2D eigenvalue weighted by Crippen LogP contribution is 2.52. The predicted molar refractivity (Wildman–Crippen MR) is 108 cm³/mol. The van der Waals surface area contributed by atoms with Crippen molar-refractivity contribution in [3.8, 4) is 0 Å². The fraction of sp³-hybridized carbons (Fsp3) is 0.435. The molecule has 1 N–H and O–H groups in total. The van der Waals surface area contributed by atoms with Crippen molar-refractivity contribution in [3.05, 3.63) is 65.5 Å². The number of fused-ring (bicyclic) bond motifs is 2. The third kappa shape index (κ3) is 3.09. The summed E-state index contributed by atoms with van der Waals surface area (Å²) in [6.45, 7) is 4.49. The number of aromatic nitrogens is 1. The zero-order valence-electron chi connectivity index (χ0n) is 16.5. The van der Waals surface area contributed by atoms with Crippen LogP contribution in [0.1, 0.15) is 47.7 Å². The summed E-state index contributed by atoms with van der Waals surface area (Å²) in [5.74, 6) is 0.0779. The number of amides is 2. The Labute approximate surface area is 166 Å². The number of nitrogens with one attached hydrogen (secondary N) is 1. The number of hydrogen-bond donors (Lipinski definition) is 1. The van der Waals surface area contributed by atoms with Gasteiger partial charge < -0.3 is 10.2 Å². The van der Waals surface area contributed by atoms with E-state index in [2.05, 4.69) is 22.4 Å². The standard InChI is InChI=1S/C23H27N3O2/c1-3-25-22(28)23(12-17-7-5-4-6-8-17)13-19-9-10-20(23)26(19)21(27)18-11-16(2)14-24-15-18/h4-8,11,14-15,19-20H,3,9-10,12-13H2,1-2H3,(H,25,28)/t19-,20+,23+/m0/s1. The van der Waals surface area contributed by atoms with Gasteiger partial charge in [-0.15, -0.1) is 0 Å². The molecule has 5 heteroatoms. The molecule has 2 fully saturated rings. The minimum absolute atomic E-state index is 0.00272. The van der Waals surface area contributed by atoms with Gasteiger partial charge in [0.15, 0.2) is 0 Å². The van der Waals surface area contributed by atoms with Gasteiger partial charge in [0, 0.05) is 31.0 Å². The third-order valence-corrected chi connectivity index (χ3v) is 6.25. The third-order valence-electron chi connectivity index (χ3n) is 6.25. The van der Waals surface area contributed by atoms with Gasteiger partial charge in [-0.05, 0) is 56.7 Å². The Hall–Kier alpha value is -2.69. The number of carbonyl (C=O) groups is 2. The highest BCUT2D eigenvalue weighted by Gasteiger charge is 2.60. The number of nitrogens with zero attached hydrogens (tertiary/aromatic N) is 2. The van der Waals surface area contributed by atoms with Crippen LogP contribution in [0.3, 0.4) is 0 Å². The predicted octanol–water partition coefficient (Wildman–Crippen LogP) is 3.13. The lowest BCUT2D eigenvalue weighted by Crippen LogP contribution is -2.51. The van der Waals surface area contributed by atoms with Crippen molar-refractivity contribution in [1.82, 2.24) is 15.2 Å². The van der Waals surface area contributed by atoms with E-state index in [1.165, 1.54) is 0 Å². The van der Waals surface area contributed by atoms with E-state index in [9.17, 15) is 9.59 Å². The van der Waals surface area contributed by atoms with E-state index in [-0.39, 0.29) is 23.9 Å². The maximum Gasteiger partial charge on any atom is 0.255 e. The topological polar surface area (TPSA) is 62.3 Å². The number of pyridine rings is 1. The van der Waals surface area contributed by atoms with Gasteiger partial charge in [-0.25, -0.2) is 0 Å². The Kier molecular flexibility index (Phi) is 4.92. The normalized spacial score (nSPS) is 25.7. The first-order valence-electron chi connectivity index (χ1n) is 10.1. The van der Waals surface area contributed by atoms with Crippen molar-refractivity contribution in [2.24, 2.45) is 5.41 Å². The van der Waals surface area contributed by atoms with Gasteiger partial charge in [-0.3, -0.25) is 14.6 Å². The molecule has 0 saturated carbocycles. The van der Waals surface area contributed by atoms with Crippen molar-refractivity contribution in [2.45, 2.75) is 51.6 Å². The molecule has 28 heavy (non-hydrogen) atoms. The maximum absolute atomic E-state index is 13.3. The summed E-state index contributed by atoms with van der Waals surface area (Å²) in [4.78, 5) is 32.8. The quantitative estimate of drug-likeness (QED) is 0.871. The summed E-state index contributed by atoms with van der Waals surface area (Å²) in [6.07, 6.45) is 6.62. The van der Waals surface area contributed by atoms with Crippen molar-refractivity contribution < 1.29 is 9.59 Å². The summed E-state index contributed by atoms with van der Waals surface area (Å²) in [5.41, 5.74) is 2.17. The second kappa shape index (κ2) is 7.38. The number of carbonyl (C=O) groups excluding carboxylic acids is 2. The summed E-state index contributed by atoms with van der Waals surface area (Å²) in [5, 5.41) is 3.05. The van der Waals surface area contributed by atoms with Gasteiger partial charge in [0.05, 0.1) is 11.0 Å². The molecule has 2 amide bonds. The van der Waals surface area contributed by atoms with Crippen LogP contribution >= 0.6 is 0 Å². The van der Waals surface area contributed by atoms with Gasteiger partial charge >= 0.3 is 0 Å². The van der Waals surface area contributed by atoms with E-state index >= 15 is 0 Å². The highest BCUT2D eigenvalue weighted by atomic mass is 16.2. The number of hydrogen-bond acceptors (Lipinski definition) is 3. The molecule has 0 unspecified atom stereocenters. The zero-order chi connectivity index (χ0) is 19.7. The second-order valence-electron chi connectivity index (χ2n) is 8.09. The van der Waals surface area contributed by atoms with Crippen molar-refractivity contribution in [2.75, 3.05) is 6.54 Å². The monoisotopic (exact) mass is 377 g/mol. The lowest BCUT2D eigenvalue weighted by molar-refractivity contribution is -0.132. The largest absolute Gasteiger partial charge is 0.356 e. The van der Waals surface area contributed by atoms with E-state index in [1.807, 2.05) is 43.0 Å². The summed E-state index contributed by atoms with van der Waals surface area (Å²) in [7, 11) is 0. The average molecular weight is 377 g/mol. The van der Waals surface area contributed by atoms with Crippen LogP contribution in [0.25, 0.3) is 0 Å². The maximum atomic E-state index is 13.3. The number of benzene rings is 1. The molecule has 0 spiro atoms. The summed E-state index contributed by atoms with van der Waals surface area (Å²) in [6, 6.07) is 12.1. The molecule has 2 aliphatic heterocycles. The Morgan fingerprint density at radius 1 is 1.21 bits per heavy atom. The average Bonchev–Trinajstić information content (AvgIpc) is 3.25. The molecule has 2 saturated heterocycles. The second-order valence-corrected chi connectivity index (χ2v) is 8.09. The molecule has 2 bridgehead atoms. The van der Waals surface area contributed by atoms with Crippen LogP contribution < -0.4 is 5.32 Å². The van der Waals surface area contributed by atoms with Crippen molar-refractivity contribution >= 4 is 11.8 Å². The fourth-order valence-electron chi connectivity index (χ4n) is 5.12. The van der Waals surface area contributed by atoms with E-state index < -0.39 is 5.41 Å². The minimum Gasteiger partial charge on any atom is -0.356 e. The number of rotatable bonds is 5. The molecule has 2 aromatic rings. The lowest BCUT2D eigenvalue weighted by atomic mass is 9.69. The SMILES string of the molecule is CCNC(=O)[C@]1(Cc2ccccc2)C[C@@H]2CC[C@H]1N2C(=O)c1cncc(C)c1. The molecule has 0 radical (unpaired) electrons. The van der Waals surface area contributed by atoms with Crippen molar-refractivity contribution in [1.29, 1.82) is 0 Å². The van der Waals surface area contributed by atoms with E-state index in [1.54, 1.807) is 12.4 Å². The van der Waals surface area contributed by atoms with Crippen LogP contribution in [0.2, 0.25) is 0 Å². The van der Waals surface area contributed by atoms with Crippen LogP contribution in [0.15, 0.2) is 48.8 Å². The molecule has 1 aromatic heterocycles. The molecular weight excluding hydrogens is 350 g/mol. The molecule has 3 heterocycles. The van der Waals surface area contributed by atoms with Crippen LogP contribution in [-0.2, 0) is 11.2 Å². The Balaban J connectivity index is 1.69. The van der Waals surface area contributed by atoms with Crippen molar-refractivity contribution in [3.63, 3.8) is 0 Å². The van der Waals surface area contributed by atoms with E-state index in [0.717, 1.165) is 30.4 Å². The number of aryl methyl sites for hydroxylation is 1. The summed E-state index contributed by atoms with van der Waals surface area (Å²) >= 11 is 0. The van der Waals surface area contributed by atoms with Gasteiger partial charge in [-0.1, -0.05) is 30.3 Å². The molecule has 5 nitrogen and oxygen atoms in total. The zero-order valence-corrected chi connectivity index (χ0v) is 16.5. The molecule has 2 aliphatic rings. The molecule has 0 aliphatic carbocycles. The van der Waals surface area contributed by atoms with Crippen LogP contribution in [0.4, 0.5) is 0 Å². The first kappa shape index (κ1) is 18.7. The molecule has 1 aromatic carbocycles. The first-order chi connectivity index (χ1) is 13.5. The van der Waals surface area contributed by atoms with Gasteiger partial charge in [0.25, 0.3) is 5.91 Å². The highest BCUT2D eigenvalue weighted by molar-refractivity contribution is 5.96. The fourth-order valence-corrected chi connectivity index (χ4v) is 5.12. The molecule has 4 rings (SSSR count). The minimum atomic E-state index is -0.562. The van der Waals surface area contributed by atoms with E-state index in [4.69, 9.17) is 0 Å². The Bertz CT molecular complexity index is 882. The van der Waals surface area contributed by atoms with E-state index in [0.29, 0.717) is 18.5 Å². The summed E-state index contributed by atoms with van der Waals surface area (Å²) < 4.78 is 0. The van der Waals surface area contributed by atoms with Gasteiger partial charge in [-0.2, -0.15) is 0 Å². The van der Waals surface area contributed by atoms with Crippen LogP contribution in [-0.4, -0.2) is 40.3 Å². The first-order valence-corrected chi connectivity index (χ1v) is 10.1. The Morgan fingerprint density at radius 3 is 2.71 bits per heavy atom. The van der Waals surface area contributed by atoms with Crippen LogP contribution in [0, 0.1) is 12.3 Å². The molecule has 146 valence electrons. The van der Waals surface area contributed by atoms with Gasteiger partial charge in [0.2, 0.25) is 5.91 Å².